The zero-order valence-electron chi connectivity index (χ0n) is 12.8. The van der Waals surface area contributed by atoms with E-state index < -0.39 is 11.7 Å². The van der Waals surface area contributed by atoms with Crippen LogP contribution in [-0.2, 0) is 0 Å². The van der Waals surface area contributed by atoms with Crippen LogP contribution in [0.4, 0.5) is 4.39 Å². The lowest BCUT2D eigenvalue weighted by molar-refractivity contribution is 0.0905. The number of halogens is 1. The molecule has 0 saturated heterocycles. The molecule has 0 saturated carbocycles. The van der Waals surface area contributed by atoms with Crippen LogP contribution in [0.3, 0.4) is 0 Å². The Bertz CT molecular complexity index is 556. The first-order valence-electron chi connectivity index (χ1n) is 7.11. The van der Waals surface area contributed by atoms with Gasteiger partial charge in [0.15, 0.2) is 0 Å². The van der Waals surface area contributed by atoms with Gasteiger partial charge in [0.1, 0.15) is 5.82 Å². The van der Waals surface area contributed by atoms with E-state index in [0.29, 0.717) is 12.0 Å². The molecule has 3 nitrogen and oxygen atoms in total. The Morgan fingerprint density at radius 3 is 2.71 bits per heavy atom. The molecule has 2 N–H and O–H groups in total. The van der Waals surface area contributed by atoms with Crippen LogP contribution in [0.2, 0.25) is 0 Å². The van der Waals surface area contributed by atoms with E-state index in [1.807, 2.05) is 20.8 Å². The molecule has 114 valence electrons. The first-order valence-corrected chi connectivity index (χ1v) is 7.11. The molecule has 0 aliphatic rings. The molecule has 0 spiro atoms. The van der Waals surface area contributed by atoms with Crippen LogP contribution < -0.4 is 5.32 Å². The standard InChI is InChI=1S/C17H22FNO2/c1-4-10-17(2,3)19-16(21)14-9-8-13(12-15(14)18)7-5-6-11-20/h8-9,12,20H,4,6,10-11H2,1-3H3,(H,19,21). The Balaban J connectivity index is 2.85. The SMILES string of the molecule is CCCC(C)(C)NC(=O)c1ccc(C#CCCO)cc1F. The Morgan fingerprint density at radius 1 is 1.43 bits per heavy atom. The second-order valence-corrected chi connectivity index (χ2v) is 5.56. The van der Waals surface area contributed by atoms with E-state index in [2.05, 4.69) is 17.2 Å². The minimum Gasteiger partial charge on any atom is -0.395 e. The fraction of sp³-hybridized carbons (Fsp3) is 0.471. The lowest BCUT2D eigenvalue weighted by Gasteiger charge is -2.25. The van der Waals surface area contributed by atoms with Crippen LogP contribution in [0.5, 0.6) is 0 Å². The van der Waals surface area contributed by atoms with Crippen molar-refractivity contribution in [1.82, 2.24) is 5.32 Å². The van der Waals surface area contributed by atoms with Gasteiger partial charge in [-0.25, -0.2) is 4.39 Å². The molecular formula is C17H22FNO2. The van der Waals surface area contributed by atoms with E-state index in [9.17, 15) is 9.18 Å². The molecule has 0 bridgehead atoms. The van der Waals surface area contributed by atoms with Crippen LogP contribution in [0.15, 0.2) is 18.2 Å². The summed E-state index contributed by atoms with van der Waals surface area (Å²) in [6.45, 7) is 5.85. The van der Waals surface area contributed by atoms with Gasteiger partial charge in [-0.1, -0.05) is 25.2 Å². The summed E-state index contributed by atoms with van der Waals surface area (Å²) in [5.74, 6) is 4.45. The second kappa shape index (κ2) is 7.80. The van der Waals surface area contributed by atoms with Crippen LogP contribution in [-0.4, -0.2) is 23.2 Å². The number of carbonyl (C=O) groups is 1. The molecule has 0 atom stereocenters. The summed E-state index contributed by atoms with van der Waals surface area (Å²) in [5.41, 5.74) is 0.148. The number of carbonyl (C=O) groups excluding carboxylic acids is 1. The van der Waals surface area contributed by atoms with E-state index in [0.717, 1.165) is 12.8 Å². The van der Waals surface area contributed by atoms with Gasteiger partial charge in [-0.05, 0) is 38.5 Å². The third-order valence-corrected chi connectivity index (χ3v) is 3.01. The number of hydrogen-bond acceptors (Lipinski definition) is 2. The van der Waals surface area contributed by atoms with Gasteiger partial charge in [0, 0.05) is 17.5 Å². The van der Waals surface area contributed by atoms with Gasteiger partial charge < -0.3 is 10.4 Å². The average molecular weight is 291 g/mol. The first kappa shape index (κ1) is 17.2. The maximum Gasteiger partial charge on any atom is 0.254 e. The van der Waals surface area contributed by atoms with Crippen LogP contribution in [0, 0.1) is 17.7 Å². The normalized spacial score (nSPS) is 10.7. The van der Waals surface area contributed by atoms with Gasteiger partial charge in [-0.3, -0.25) is 4.79 Å². The molecule has 4 heteroatoms. The molecule has 0 unspecified atom stereocenters. The number of aliphatic hydroxyl groups excluding tert-OH is 1. The Kier molecular flexibility index (Phi) is 6.39. The average Bonchev–Trinajstić information content (AvgIpc) is 2.38. The number of rotatable bonds is 5. The molecule has 1 aromatic rings. The van der Waals surface area contributed by atoms with Crippen molar-refractivity contribution in [2.24, 2.45) is 0 Å². The highest BCUT2D eigenvalue weighted by Crippen LogP contribution is 2.15. The number of aliphatic hydroxyl groups is 1. The van der Waals surface area contributed by atoms with Crippen LogP contribution in [0.1, 0.15) is 56.0 Å². The first-order chi connectivity index (χ1) is 9.89. The topological polar surface area (TPSA) is 49.3 Å². The van der Waals surface area contributed by atoms with Crippen LogP contribution >= 0.6 is 0 Å². The van der Waals surface area contributed by atoms with Gasteiger partial charge in [-0.15, -0.1) is 0 Å². The molecule has 0 aliphatic heterocycles. The minimum absolute atomic E-state index is 0.0203. The Hall–Kier alpha value is -1.86. The summed E-state index contributed by atoms with van der Waals surface area (Å²) in [5, 5.41) is 11.5. The fourth-order valence-electron chi connectivity index (χ4n) is 2.06. The van der Waals surface area contributed by atoms with E-state index >= 15 is 0 Å². The van der Waals surface area contributed by atoms with Crippen molar-refractivity contribution >= 4 is 5.91 Å². The van der Waals surface area contributed by atoms with E-state index in [1.165, 1.54) is 12.1 Å². The van der Waals surface area contributed by atoms with Crippen molar-refractivity contribution in [3.8, 4) is 11.8 Å². The molecule has 1 rings (SSSR count). The van der Waals surface area contributed by atoms with Crippen molar-refractivity contribution < 1.29 is 14.3 Å². The number of amides is 1. The van der Waals surface area contributed by atoms with Crippen molar-refractivity contribution in [2.75, 3.05) is 6.61 Å². The van der Waals surface area contributed by atoms with E-state index in [4.69, 9.17) is 5.11 Å². The summed E-state index contributed by atoms with van der Waals surface area (Å²) in [7, 11) is 0. The molecule has 0 aliphatic carbocycles. The summed E-state index contributed by atoms with van der Waals surface area (Å²) >= 11 is 0. The monoisotopic (exact) mass is 291 g/mol. The number of hydrogen-bond donors (Lipinski definition) is 2. The summed E-state index contributed by atoms with van der Waals surface area (Å²) in [4.78, 5) is 12.1. The van der Waals surface area contributed by atoms with Crippen molar-refractivity contribution in [1.29, 1.82) is 0 Å². The molecule has 1 amide bonds. The lowest BCUT2D eigenvalue weighted by Crippen LogP contribution is -2.43. The quantitative estimate of drug-likeness (QED) is 0.820. The maximum absolute atomic E-state index is 14.0. The molecular weight excluding hydrogens is 269 g/mol. The predicted molar refractivity (Wildman–Crippen MR) is 81.4 cm³/mol. The highest BCUT2D eigenvalue weighted by Gasteiger charge is 2.21. The second-order valence-electron chi connectivity index (χ2n) is 5.56. The molecule has 0 radical (unpaired) electrons. The van der Waals surface area contributed by atoms with Gasteiger partial charge in [0.05, 0.1) is 12.2 Å². The lowest BCUT2D eigenvalue weighted by atomic mass is 9.98. The highest BCUT2D eigenvalue weighted by atomic mass is 19.1. The molecule has 0 aromatic heterocycles. The van der Waals surface area contributed by atoms with Crippen LogP contribution in [0.25, 0.3) is 0 Å². The van der Waals surface area contributed by atoms with E-state index in [-0.39, 0.29) is 17.7 Å². The summed E-state index contributed by atoms with van der Waals surface area (Å²) < 4.78 is 14.0. The highest BCUT2D eigenvalue weighted by molar-refractivity contribution is 5.95. The number of benzene rings is 1. The molecule has 0 heterocycles. The molecule has 21 heavy (non-hydrogen) atoms. The predicted octanol–water partition coefficient (Wildman–Crippen LogP) is 2.87. The van der Waals surface area contributed by atoms with Gasteiger partial charge in [-0.2, -0.15) is 0 Å². The van der Waals surface area contributed by atoms with Crippen molar-refractivity contribution in [3.05, 3.63) is 35.1 Å². The number of nitrogens with one attached hydrogen (secondary N) is 1. The van der Waals surface area contributed by atoms with Gasteiger partial charge >= 0.3 is 0 Å². The summed E-state index contributed by atoms with van der Waals surface area (Å²) in [6.07, 6.45) is 2.11. The zero-order valence-corrected chi connectivity index (χ0v) is 12.8. The van der Waals surface area contributed by atoms with Gasteiger partial charge in [0.2, 0.25) is 0 Å². The minimum atomic E-state index is -0.587. The fourth-order valence-corrected chi connectivity index (χ4v) is 2.06. The zero-order chi connectivity index (χ0) is 15.9. The van der Waals surface area contributed by atoms with Gasteiger partial charge in [0.25, 0.3) is 5.91 Å². The summed E-state index contributed by atoms with van der Waals surface area (Å²) in [6, 6.07) is 4.29. The third kappa shape index (κ3) is 5.57. The Morgan fingerprint density at radius 2 is 2.14 bits per heavy atom. The van der Waals surface area contributed by atoms with Crippen molar-refractivity contribution in [2.45, 2.75) is 45.6 Å². The molecule has 0 fully saturated rings. The Labute approximate surface area is 125 Å². The largest absolute Gasteiger partial charge is 0.395 e. The maximum atomic E-state index is 14.0. The van der Waals surface area contributed by atoms with Crippen molar-refractivity contribution in [3.63, 3.8) is 0 Å². The van der Waals surface area contributed by atoms with E-state index in [1.54, 1.807) is 6.07 Å². The third-order valence-electron chi connectivity index (χ3n) is 3.01. The molecule has 1 aromatic carbocycles. The smallest absolute Gasteiger partial charge is 0.254 e.